The normalized spacial score (nSPS) is 11.2. The maximum atomic E-state index is 13.4. The van der Waals surface area contributed by atoms with E-state index in [1.165, 1.54) is 18.2 Å². The summed E-state index contributed by atoms with van der Waals surface area (Å²) in [6, 6.07) is 4.32. The topological polar surface area (TPSA) is 72.7 Å². The number of aromatic nitrogens is 1. The van der Waals surface area contributed by atoms with Crippen LogP contribution in [-0.4, -0.2) is 28.9 Å². The number of amides is 1. The van der Waals surface area contributed by atoms with Crippen LogP contribution in [0.2, 0.25) is 0 Å². The number of carbonyl (C=O) groups excluding carboxylic acids is 2. The summed E-state index contributed by atoms with van der Waals surface area (Å²) in [7, 11) is 0. The summed E-state index contributed by atoms with van der Waals surface area (Å²) >= 11 is 0. The van der Waals surface area contributed by atoms with E-state index in [4.69, 9.17) is 4.74 Å². The van der Waals surface area contributed by atoms with Crippen molar-refractivity contribution >= 4 is 28.8 Å². The van der Waals surface area contributed by atoms with E-state index in [-0.39, 0.29) is 0 Å². The quantitative estimate of drug-likeness (QED) is 0.515. The summed E-state index contributed by atoms with van der Waals surface area (Å²) in [6.45, 7) is 6.40. The highest BCUT2D eigenvalue weighted by molar-refractivity contribution is 5.92. The summed E-state index contributed by atoms with van der Waals surface area (Å²) in [5.74, 6) is -0.394. The van der Waals surface area contributed by atoms with Gasteiger partial charge in [0.25, 0.3) is 0 Å². The first-order valence-corrected chi connectivity index (χ1v) is 7.63. The van der Waals surface area contributed by atoms with Crippen molar-refractivity contribution in [1.29, 1.82) is 0 Å². The van der Waals surface area contributed by atoms with Crippen molar-refractivity contribution in [3.05, 3.63) is 30.2 Å². The minimum absolute atomic E-state index is 0.375. The molecule has 0 aliphatic heterocycles. The van der Waals surface area contributed by atoms with Gasteiger partial charge in [0.2, 0.25) is 6.08 Å². The molecule has 1 aromatic heterocycles. The van der Waals surface area contributed by atoms with Gasteiger partial charge in [0.1, 0.15) is 17.1 Å². The number of halogens is 1. The lowest BCUT2D eigenvalue weighted by atomic mass is 10.2. The summed E-state index contributed by atoms with van der Waals surface area (Å²) < 4.78 is 20.4. The fraction of sp³-hybridized carbons (Fsp3) is 0.412. The van der Waals surface area contributed by atoms with Crippen LogP contribution in [0.15, 0.2) is 29.4 Å². The van der Waals surface area contributed by atoms with E-state index in [0.717, 1.165) is 5.52 Å². The third-order valence-corrected chi connectivity index (χ3v) is 3.23. The van der Waals surface area contributed by atoms with E-state index in [0.29, 0.717) is 30.6 Å². The fourth-order valence-corrected chi connectivity index (χ4v) is 2.33. The molecule has 0 atom stereocenters. The Bertz CT molecular complexity index is 786. The maximum Gasteiger partial charge on any atom is 0.407 e. The van der Waals surface area contributed by atoms with Crippen LogP contribution < -0.4 is 5.32 Å². The average molecular weight is 333 g/mol. The van der Waals surface area contributed by atoms with E-state index in [2.05, 4.69) is 10.3 Å². The molecular formula is C17H20FN3O3. The Morgan fingerprint density at radius 1 is 1.42 bits per heavy atom. The van der Waals surface area contributed by atoms with Gasteiger partial charge in [-0.1, -0.05) is 0 Å². The smallest absolute Gasteiger partial charge is 0.407 e. The molecule has 0 aliphatic carbocycles. The third kappa shape index (κ3) is 4.67. The van der Waals surface area contributed by atoms with E-state index >= 15 is 0 Å². The molecule has 1 heterocycles. The molecular weight excluding hydrogens is 313 g/mol. The predicted octanol–water partition coefficient (Wildman–Crippen LogP) is 3.66. The van der Waals surface area contributed by atoms with Gasteiger partial charge in [-0.25, -0.2) is 14.0 Å². The number of isocyanates is 1. The molecule has 0 spiro atoms. The number of aliphatic imine (C=N–C) groups is 1. The van der Waals surface area contributed by atoms with Gasteiger partial charge in [-0.15, -0.1) is 0 Å². The molecule has 0 unspecified atom stereocenters. The molecule has 2 rings (SSSR count). The number of aryl methyl sites for hydroxylation is 1. The SMILES string of the molecule is CC(C)(C)OC(=O)NCCCn1cc(N=C=O)c2cc(F)ccc21. The maximum absolute atomic E-state index is 13.4. The van der Waals surface area contributed by atoms with E-state index in [1.54, 1.807) is 33.0 Å². The number of benzene rings is 1. The van der Waals surface area contributed by atoms with Crippen molar-refractivity contribution in [2.24, 2.45) is 4.99 Å². The second-order valence-electron chi connectivity index (χ2n) is 6.35. The van der Waals surface area contributed by atoms with Crippen LogP contribution in [0.4, 0.5) is 14.9 Å². The van der Waals surface area contributed by atoms with Crippen LogP contribution in [0, 0.1) is 5.82 Å². The van der Waals surface area contributed by atoms with Gasteiger partial charge in [-0.3, -0.25) is 0 Å². The van der Waals surface area contributed by atoms with Crippen molar-refractivity contribution in [3.8, 4) is 0 Å². The molecule has 0 aliphatic rings. The number of nitrogens with one attached hydrogen (secondary N) is 1. The Balaban J connectivity index is 2.01. The molecule has 0 radical (unpaired) electrons. The van der Waals surface area contributed by atoms with Crippen LogP contribution in [0.5, 0.6) is 0 Å². The van der Waals surface area contributed by atoms with Crippen LogP contribution in [0.3, 0.4) is 0 Å². The summed E-state index contributed by atoms with van der Waals surface area (Å²) in [6.07, 6.45) is 3.33. The second-order valence-corrected chi connectivity index (χ2v) is 6.35. The van der Waals surface area contributed by atoms with Gasteiger partial charge in [0.05, 0.1) is 5.52 Å². The Hall–Kier alpha value is -2.66. The van der Waals surface area contributed by atoms with Crippen LogP contribution >= 0.6 is 0 Å². The molecule has 1 N–H and O–H groups in total. The molecule has 1 amide bonds. The molecule has 24 heavy (non-hydrogen) atoms. The lowest BCUT2D eigenvalue weighted by Gasteiger charge is -2.19. The Labute approximate surface area is 139 Å². The lowest BCUT2D eigenvalue weighted by Crippen LogP contribution is -2.33. The van der Waals surface area contributed by atoms with Gasteiger partial charge < -0.3 is 14.6 Å². The number of carbonyl (C=O) groups is 1. The molecule has 7 heteroatoms. The zero-order valence-corrected chi connectivity index (χ0v) is 13.9. The molecule has 128 valence electrons. The Morgan fingerprint density at radius 2 is 2.17 bits per heavy atom. The van der Waals surface area contributed by atoms with E-state index in [1.807, 2.05) is 4.57 Å². The second kappa shape index (κ2) is 7.27. The van der Waals surface area contributed by atoms with Crippen molar-refractivity contribution in [2.45, 2.75) is 39.3 Å². The third-order valence-electron chi connectivity index (χ3n) is 3.23. The highest BCUT2D eigenvalue weighted by Gasteiger charge is 2.15. The number of ether oxygens (including phenoxy) is 1. The molecule has 2 aromatic rings. The first kappa shape index (κ1) is 17.7. The van der Waals surface area contributed by atoms with Crippen molar-refractivity contribution in [3.63, 3.8) is 0 Å². The van der Waals surface area contributed by atoms with Crippen molar-refractivity contribution in [2.75, 3.05) is 6.54 Å². The first-order valence-electron chi connectivity index (χ1n) is 7.63. The molecule has 0 fully saturated rings. The number of hydrogen-bond donors (Lipinski definition) is 1. The van der Waals surface area contributed by atoms with Crippen LogP contribution in [-0.2, 0) is 16.1 Å². The summed E-state index contributed by atoms with van der Waals surface area (Å²) in [5, 5.41) is 3.23. The zero-order chi connectivity index (χ0) is 17.7. The number of hydrogen-bond acceptors (Lipinski definition) is 4. The summed E-state index contributed by atoms with van der Waals surface area (Å²) in [5.41, 5.74) is 0.606. The standard InChI is InChI=1S/C17H20FN3O3/c1-17(2,3)24-16(23)19-7-4-8-21-10-14(20-11-22)13-9-12(18)5-6-15(13)21/h5-6,9-10H,4,7-8H2,1-3H3,(H,19,23). The van der Waals surface area contributed by atoms with Crippen LogP contribution in [0.1, 0.15) is 27.2 Å². The highest BCUT2D eigenvalue weighted by atomic mass is 19.1. The first-order chi connectivity index (χ1) is 11.3. The highest BCUT2D eigenvalue weighted by Crippen LogP contribution is 2.29. The molecule has 0 bridgehead atoms. The minimum Gasteiger partial charge on any atom is -0.444 e. The van der Waals surface area contributed by atoms with Crippen molar-refractivity contribution in [1.82, 2.24) is 9.88 Å². The van der Waals surface area contributed by atoms with Gasteiger partial charge >= 0.3 is 6.09 Å². The predicted molar refractivity (Wildman–Crippen MR) is 88.5 cm³/mol. The number of nitrogens with zero attached hydrogens (tertiary/aromatic N) is 2. The Kier molecular flexibility index (Phi) is 5.36. The Morgan fingerprint density at radius 3 is 2.83 bits per heavy atom. The fourth-order valence-electron chi connectivity index (χ4n) is 2.33. The monoisotopic (exact) mass is 333 g/mol. The van der Waals surface area contributed by atoms with E-state index in [9.17, 15) is 14.0 Å². The minimum atomic E-state index is -0.535. The summed E-state index contributed by atoms with van der Waals surface area (Å²) in [4.78, 5) is 25.7. The van der Waals surface area contributed by atoms with Crippen molar-refractivity contribution < 1.29 is 18.7 Å². The van der Waals surface area contributed by atoms with E-state index < -0.39 is 17.5 Å². The number of fused-ring (bicyclic) bond motifs is 1. The molecule has 0 saturated heterocycles. The number of rotatable bonds is 5. The van der Waals surface area contributed by atoms with Gasteiger partial charge in [-0.05, 0) is 45.4 Å². The number of alkyl carbamates (subject to hydrolysis) is 1. The molecule has 0 saturated carbocycles. The van der Waals surface area contributed by atoms with Gasteiger partial charge in [0.15, 0.2) is 0 Å². The molecule has 1 aromatic carbocycles. The molecule has 6 nitrogen and oxygen atoms in total. The van der Waals surface area contributed by atoms with Crippen LogP contribution in [0.25, 0.3) is 10.9 Å². The zero-order valence-electron chi connectivity index (χ0n) is 13.9. The lowest BCUT2D eigenvalue weighted by molar-refractivity contribution is 0.0526. The average Bonchev–Trinajstić information content (AvgIpc) is 2.80. The van der Waals surface area contributed by atoms with Gasteiger partial charge in [0, 0.05) is 24.7 Å². The van der Waals surface area contributed by atoms with Gasteiger partial charge in [-0.2, -0.15) is 4.99 Å². The largest absolute Gasteiger partial charge is 0.444 e.